The highest BCUT2D eigenvalue weighted by Gasteiger charge is 2.42. The van der Waals surface area contributed by atoms with Crippen molar-refractivity contribution in [2.24, 2.45) is 0 Å². The van der Waals surface area contributed by atoms with Crippen molar-refractivity contribution >= 4 is 17.9 Å². The van der Waals surface area contributed by atoms with Crippen molar-refractivity contribution in [1.82, 2.24) is 0 Å². The monoisotopic (exact) mass is 246 g/mol. The molecule has 0 unspecified atom stereocenters. The lowest BCUT2D eigenvalue weighted by molar-refractivity contribution is -0.167. The summed E-state index contributed by atoms with van der Waals surface area (Å²) in [6.45, 7) is 4.30. The van der Waals surface area contributed by atoms with E-state index < -0.39 is 35.9 Å². The van der Waals surface area contributed by atoms with Gasteiger partial charge in [0.1, 0.15) is 0 Å². The minimum atomic E-state index is -1.26. The number of carboxylic acids is 1. The molecular formula is C10H14O7. The molecule has 0 amide bonds. The van der Waals surface area contributed by atoms with Crippen LogP contribution in [-0.2, 0) is 28.6 Å². The molecule has 17 heavy (non-hydrogen) atoms. The summed E-state index contributed by atoms with van der Waals surface area (Å²) in [5.74, 6) is -3.80. The van der Waals surface area contributed by atoms with Gasteiger partial charge in [0, 0.05) is 13.8 Å². The lowest BCUT2D eigenvalue weighted by atomic mass is 10.2. The minimum Gasteiger partial charge on any atom is -0.479 e. The van der Waals surface area contributed by atoms with Crippen LogP contribution in [0.4, 0.5) is 0 Å². The quantitative estimate of drug-likeness (QED) is 0.700. The zero-order valence-corrected chi connectivity index (χ0v) is 9.76. The van der Waals surface area contributed by atoms with Gasteiger partial charge >= 0.3 is 17.9 Å². The lowest BCUT2D eigenvalue weighted by Crippen LogP contribution is -2.28. The normalized spacial score (nSPS) is 23.9. The molecule has 1 aliphatic heterocycles. The number of aliphatic carboxylic acids is 1. The fourth-order valence-corrected chi connectivity index (χ4v) is 1.29. The third kappa shape index (κ3) is 3.70. The summed E-state index contributed by atoms with van der Waals surface area (Å²) in [7, 11) is 0. The van der Waals surface area contributed by atoms with E-state index in [-0.39, 0.29) is 6.42 Å². The Morgan fingerprint density at radius 3 is 2.53 bits per heavy atom. The van der Waals surface area contributed by atoms with Gasteiger partial charge in [0.25, 0.3) is 0 Å². The van der Waals surface area contributed by atoms with Gasteiger partial charge in [0.2, 0.25) is 5.79 Å². The zero-order valence-electron chi connectivity index (χ0n) is 9.76. The first-order valence-corrected chi connectivity index (χ1v) is 5.04. The largest absolute Gasteiger partial charge is 0.479 e. The fraction of sp³-hybridized carbons (Fsp3) is 0.700. The Hall–Kier alpha value is -1.63. The molecule has 1 rings (SSSR count). The molecule has 96 valence electrons. The number of rotatable bonds is 4. The topological polar surface area (TPSA) is 99.1 Å². The Morgan fingerprint density at radius 1 is 1.53 bits per heavy atom. The van der Waals surface area contributed by atoms with Crippen LogP contribution in [0.2, 0.25) is 0 Å². The SMILES string of the molecule is C[C@H](OC(=O)C[C@@H]1OC(C)(C)OC1=O)C(=O)O. The van der Waals surface area contributed by atoms with E-state index in [1.54, 1.807) is 0 Å². The number of hydrogen-bond acceptors (Lipinski definition) is 6. The van der Waals surface area contributed by atoms with E-state index in [9.17, 15) is 14.4 Å². The molecule has 0 aromatic heterocycles. The van der Waals surface area contributed by atoms with Gasteiger partial charge < -0.3 is 19.3 Å². The van der Waals surface area contributed by atoms with Gasteiger partial charge in [-0.2, -0.15) is 0 Å². The van der Waals surface area contributed by atoms with Crippen LogP contribution in [0.15, 0.2) is 0 Å². The van der Waals surface area contributed by atoms with Gasteiger partial charge in [0.05, 0.1) is 6.42 Å². The second-order valence-electron chi connectivity index (χ2n) is 4.10. The number of cyclic esters (lactones) is 1. The highest BCUT2D eigenvalue weighted by molar-refractivity contribution is 5.84. The van der Waals surface area contributed by atoms with Crippen LogP contribution in [0.1, 0.15) is 27.2 Å². The summed E-state index contributed by atoms with van der Waals surface area (Å²) in [6.07, 6.45) is -2.66. The van der Waals surface area contributed by atoms with E-state index in [0.717, 1.165) is 0 Å². The highest BCUT2D eigenvalue weighted by Crippen LogP contribution is 2.25. The molecule has 1 N–H and O–H groups in total. The number of esters is 2. The van der Waals surface area contributed by atoms with Crippen molar-refractivity contribution in [2.75, 3.05) is 0 Å². The fourth-order valence-electron chi connectivity index (χ4n) is 1.29. The summed E-state index contributed by atoms with van der Waals surface area (Å²) in [5.41, 5.74) is 0. The van der Waals surface area contributed by atoms with Gasteiger partial charge in [-0.1, -0.05) is 0 Å². The van der Waals surface area contributed by atoms with Crippen LogP contribution in [0, 0.1) is 0 Å². The second-order valence-corrected chi connectivity index (χ2v) is 4.10. The van der Waals surface area contributed by atoms with E-state index in [1.165, 1.54) is 20.8 Å². The molecule has 0 aromatic carbocycles. The lowest BCUT2D eigenvalue weighted by Gasteiger charge is -2.15. The molecule has 1 fully saturated rings. The molecule has 0 aliphatic carbocycles. The van der Waals surface area contributed by atoms with Crippen LogP contribution >= 0.6 is 0 Å². The second kappa shape index (κ2) is 4.70. The summed E-state index contributed by atoms with van der Waals surface area (Å²) >= 11 is 0. The van der Waals surface area contributed by atoms with Gasteiger partial charge in [0.15, 0.2) is 12.2 Å². The van der Waals surface area contributed by atoms with Crippen molar-refractivity contribution in [2.45, 2.75) is 45.2 Å². The zero-order chi connectivity index (χ0) is 13.2. The first-order valence-electron chi connectivity index (χ1n) is 5.04. The van der Waals surface area contributed by atoms with E-state index in [0.29, 0.717) is 0 Å². The van der Waals surface area contributed by atoms with Crippen molar-refractivity contribution < 1.29 is 33.7 Å². The Morgan fingerprint density at radius 2 is 2.12 bits per heavy atom. The Balaban J connectivity index is 2.47. The summed E-state index contributed by atoms with van der Waals surface area (Å²) in [4.78, 5) is 33.0. The van der Waals surface area contributed by atoms with Gasteiger partial charge in [-0.3, -0.25) is 4.79 Å². The molecule has 1 heterocycles. The summed E-state index contributed by atoms with van der Waals surface area (Å²) in [5, 5.41) is 8.53. The standard InChI is InChI=1S/C10H14O7/c1-5(8(12)13)15-7(11)4-6-9(14)17-10(2,3)16-6/h5-6H,4H2,1-3H3,(H,12,13)/t5-,6-/m0/s1. The number of carboxylic acid groups (broad SMARTS) is 1. The van der Waals surface area contributed by atoms with Crippen molar-refractivity contribution in [3.05, 3.63) is 0 Å². The average Bonchev–Trinajstić information content (AvgIpc) is 2.38. The Bertz CT molecular complexity index is 347. The molecule has 0 bridgehead atoms. The number of carbonyl (C=O) groups is 3. The molecule has 0 aromatic rings. The molecule has 1 aliphatic rings. The number of ether oxygens (including phenoxy) is 3. The van der Waals surface area contributed by atoms with Crippen LogP contribution in [0.3, 0.4) is 0 Å². The van der Waals surface area contributed by atoms with Gasteiger partial charge in [-0.25, -0.2) is 9.59 Å². The van der Waals surface area contributed by atoms with Gasteiger partial charge in [-0.15, -0.1) is 0 Å². The number of hydrogen-bond donors (Lipinski definition) is 1. The third-order valence-corrected chi connectivity index (χ3v) is 2.04. The molecule has 7 heteroatoms. The van der Waals surface area contributed by atoms with Crippen molar-refractivity contribution in [1.29, 1.82) is 0 Å². The predicted octanol–water partition coefficient (Wildman–Crippen LogP) is 0.0709. The van der Waals surface area contributed by atoms with Crippen molar-refractivity contribution in [3.8, 4) is 0 Å². The summed E-state index contributed by atoms with van der Waals surface area (Å²) in [6, 6.07) is 0. The van der Waals surface area contributed by atoms with E-state index in [4.69, 9.17) is 14.6 Å². The summed E-state index contributed by atoms with van der Waals surface area (Å²) < 4.78 is 14.5. The maximum atomic E-state index is 11.3. The Labute approximate surface area is 97.6 Å². The van der Waals surface area contributed by atoms with E-state index in [2.05, 4.69) is 4.74 Å². The molecule has 7 nitrogen and oxygen atoms in total. The first-order chi connectivity index (χ1) is 7.71. The van der Waals surface area contributed by atoms with Crippen LogP contribution < -0.4 is 0 Å². The average molecular weight is 246 g/mol. The maximum Gasteiger partial charge on any atom is 0.344 e. The van der Waals surface area contributed by atoms with E-state index in [1.807, 2.05) is 0 Å². The third-order valence-electron chi connectivity index (χ3n) is 2.04. The highest BCUT2D eigenvalue weighted by atomic mass is 16.8. The van der Waals surface area contributed by atoms with E-state index >= 15 is 0 Å². The van der Waals surface area contributed by atoms with Crippen LogP contribution in [0.5, 0.6) is 0 Å². The van der Waals surface area contributed by atoms with Crippen molar-refractivity contribution in [3.63, 3.8) is 0 Å². The number of carbonyl (C=O) groups excluding carboxylic acids is 2. The van der Waals surface area contributed by atoms with Gasteiger partial charge in [-0.05, 0) is 6.92 Å². The molecular weight excluding hydrogens is 232 g/mol. The molecule has 2 atom stereocenters. The van der Waals surface area contributed by atoms with Crippen LogP contribution in [-0.4, -0.2) is 41.0 Å². The Kier molecular flexibility index (Phi) is 3.72. The predicted molar refractivity (Wildman–Crippen MR) is 52.9 cm³/mol. The molecule has 0 spiro atoms. The molecule has 0 radical (unpaired) electrons. The first kappa shape index (κ1) is 13.4. The minimum absolute atomic E-state index is 0.361. The smallest absolute Gasteiger partial charge is 0.344 e. The maximum absolute atomic E-state index is 11.3. The molecule has 1 saturated heterocycles. The van der Waals surface area contributed by atoms with Crippen LogP contribution in [0.25, 0.3) is 0 Å². The molecule has 0 saturated carbocycles.